The maximum Gasteiger partial charge on any atom is 0.272 e. The second kappa shape index (κ2) is 9.16. The number of nitrogens with zero attached hydrogens (tertiary/aromatic N) is 2. The molecular weight excluding hydrogens is 438 g/mol. The Morgan fingerprint density at radius 1 is 0.862 bits per heavy atom. The van der Waals surface area contributed by atoms with Crippen LogP contribution in [0.1, 0.15) is 47.1 Å². The van der Waals surface area contributed by atoms with E-state index in [2.05, 4.69) is 0 Å². The molecule has 0 radical (unpaired) electrons. The van der Waals surface area contributed by atoms with E-state index >= 15 is 0 Å². The summed E-state index contributed by atoms with van der Waals surface area (Å²) < 4.78 is 13.1. The van der Waals surface area contributed by atoms with Crippen molar-refractivity contribution in [3.8, 4) is 0 Å². The Hall–Kier alpha value is -2.08. The first-order valence-corrected chi connectivity index (χ1v) is 9.76. The lowest BCUT2D eigenvalue weighted by Crippen LogP contribution is -2.56. The van der Waals surface area contributed by atoms with E-state index in [0.717, 1.165) is 0 Å². The molecule has 0 fully saturated rings. The van der Waals surface area contributed by atoms with Crippen LogP contribution in [0.25, 0.3) is 5.03 Å². The molecule has 2 aromatic carbocycles. The van der Waals surface area contributed by atoms with Crippen molar-refractivity contribution in [2.24, 2.45) is 0 Å². The van der Waals surface area contributed by atoms with Crippen molar-refractivity contribution in [3.05, 3.63) is 75.5 Å². The molecule has 0 unspecified atom stereocenters. The molecule has 29 heavy (non-hydrogen) atoms. The highest BCUT2D eigenvalue weighted by atomic mass is 35.5. The molecule has 0 spiro atoms. The molecule has 0 aliphatic rings. The molecule has 2 rings (SSSR count). The van der Waals surface area contributed by atoms with Crippen molar-refractivity contribution < 1.29 is 14.0 Å². The Balaban J connectivity index is 2.42. The van der Waals surface area contributed by atoms with Gasteiger partial charge in [-0.1, -0.05) is 46.9 Å². The maximum absolute atomic E-state index is 13.2. The van der Waals surface area contributed by atoms with Gasteiger partial charge in [-0.05, 0) is 62.7 Å². The zero-order chi connectivity index (χ0) is 21.9. The predicted molar refractivity (Wildman–Crippen MR) is 115 cm³/mol. The van der Waals surface area contributed by atoms with Crippen LogP contribution in [0.2, 0.25) is 0 Å². The van der Waals surface area contributed by atoms with Crippen LogP contribution >= 0.6 is 34.8 Å². The normalized spacial score (nSPS) is 11.0. The number of carbonyl (C=O) groups is 2. The Morgan fingerprint density at radius 3 is 1.93 bits per heavy atom. The molecule has 8 heteroatoms. The van der Waals surface area contributed by atoms with Crippen molar-refractivity contribution >= 4 is 51.6 Å². The Kier molecular flexibility index (Phi) is 7.33. The highest BCUT2D eigenvalue weighted by Gasteiger charge is 2.34. The second-order valence-corrected chi connectivity index (χ2v) is 8.61. The molecule has 0 bridgehead atoms. The van der Waals surface area contributed by atoms with Gasteiger partial charge in [-0.25, -0.2) is 14.4 Å². The molecule has 0 heterocycles. The fourth-order valence-corrected chi connectivity index (χ4v) is 3.12. The summed E-state index contributed by atoms with van der Waals surface area (Å²) in [6, 6.07) is 11.6. The standard InChI is InChI=1S/C21H20Cl3FN2O2/c1-21(2,3)27(20(29)13-8-10-16(25)11-9-13)26(4)19(28)15-7-5-6-14(12-15)17(22)18(23)24/h5-12H,1-4H3. The van der Waals surface area contributed by atoms with Crippen molar-refractivity contribution in [1.29, 1.82) is 0 Å². The number of rotatable bonds is 3. The summed E-state index contributed by atoms with van der Waals surface area (Å²) in [7, 11) is 1.49. The monoisotopic (exact) mass is 456 g/mol. The fraction of sp³-hybridized carbons (Fsp3) is 0.238. The molecule has 2 aromatic rings. The van der Waals surface area contributed by atoms with Crippen LogP contribution in [-0.2, 0) is 0 Å². The maximum atomic E-state index is 13.2. The highest BCUT2D eigenvalue weighted by molar-refractivity contribution is 6.66. The third-order valence-corrected chi connectivity index (χ3v) is 5.02. The summed E-state index contributed by atoms with van der Waals surface area (Å²) in [4.78, 5) is 26.2. The van der Waals surface area contributed by atoms with Crippen LogP contribution in [-0.4, -0.2) is 34.4 Å². The summed E-state index contributed by atoms with van der Waals surface area (Å²) in [5.41, 5.74) is 0.288. The average molecular weight is 458 g/mol. The highest BCUT2D eigenvalue weighted by Crippen LogP contribution is 2.29. The van der Waals surface area contributed by atoms with Crippen molar-refractivity contribution in [3.63, 3.8) is 0 Å². The number of halogens is 4. The van der Waals surface area contributed by atoms with Crippen LogP contribution in [0.3, 0.4) is 0 Å². The minimum absolute atomic E-state index is 0.112. The van der Waals surface area contributed by atoms with Crippen LogP contribution in [0.15, 0.2) is 53.0 Å². The SMILES string of the molecule is CN(C(=O)c1cccc(C(Cl)=C(Cl)Cl)c1)N(C(=O)c1ccc(F)cc1)C(C)(C)C. The van der Waals surface area contributed by atoms with E-state index in [-0.39, 0.29) is 15.1 Å². The minimum atomic E-state index is -0.732. The summed E-state index contributed by atoms with van der Waals surface area (Å²) in [5, 5.41) is 2.66. The predicted octanol–water partition coefficient (Wildman–Crippen LogP) is 6.10. The van der Waals surface area contributed by atoms with E-state index in [4.69, 9.17) is 34.8 Å². The van der Waals surface area contributed by atoms with Gasteiger partial charge in [0, 0.05) is 18.2 Å². The zero-order valence-electron chi connectivity index (χ0n) is 16.3. The summed E-state index contributed by atoms with van der Waals surface area (Å²) in [6.07, 6.45) is 0. The number of hydrogen-bond acceptors (Lipinski definition) is 2. The summed E-state index contributed by atoms with van der Waals surface area (Å²) >= 11 is 17.5. The van der Waals surface area contributed by atoms with Gasteiger partial charge in [0.1, 0.15) is 10.3 Å². The summed E-state index contributed by atoms with van der Waals surface area (Å²) in [5.74, 6) is -1.33. The zero-order valence-corrected chi connectivity index (χ0v) is 18.6. The molecule has 0 N–H and O–H groups in total. The van der Waals surface area contributed by atoms with Crippen LogP contribution in [0.5, 0.6) is 0 Å². The molecule has 154 valence electrons. The van der Waals surface area contributed by atoms with E-state index < -0.39 is 23.2 Å². The molecule has 0 atom stereocenters. The number of benzene rings is 2. The second-order valence-electron chi connectivity index (χ2n) is 7.28. The van der Waals surface area contributed by atoms with E-state index in [1.54, 1.807) is 39.0 Å². The molecule has 2 amide bonds. The number of hydrogen-bond donors (Lipinski definition) is 0. The van der Waals surface area contributed by atoms with E-state index in [1.165, 1.54) is 47.4 Å². The molecule has 0 saturated heterocycles. The first-order valence-electron chi connectivity index (χ1n) is 8.62. The van der Waals surface area contributed by atoms with Crippen molar-refractivity contribution in [2.75, 3.05) is 7.05 Å². The van der Waals surface area contributed by atoms with Gasteiger partial charge in [-0.15, -0.1) is 0 Å². The third-order valence-electron chi connectivity index (χ3n) is 4.04. The van der Waals surface area contributed by atoms with E-state index in [1.807, 2.05) is 0 Å². The van der Waals surface area contributed by atoms with Crippen molar-refractivity contribution in [1.82, 2.24) is 10.0 Å². The first kappa shape index (κ1) is 23.2. The summed E-state index contributed by atoms with van der Waals surface area (Å²) in [6.45, 7) is 5.38. The van der Waals surface area contributed by atoms with Crippen LogP contribution < -0.4 is 0 Å². The van der Waals surface area contributed by atoms with Gasteiger partial charge in [0.2, 0.25) is 0 Å². The first-order chi connectivity index (χ1) is 13.4. The van der Waals surface area contributed by atoms with Gasteiger partial charge in [0.25, 0.3) is 11.8 Å². The lowest BCUT2D eigenvalue weighted by atomic mass is 10.1. The smallest absolute Gasteiger partial charge is 0.267 e. The largest absolute Gasteiger partial charge is 0.272 e. The van der Waals surface area contributed by atoms with E-state index in [0.29, 0.717) is 11.1 Å². The fourth-order valence-electron chi connectivity index (χ4n) is 2.78. The Morgan fingerprint density at radius 2 is 1.41 bits per heavy atom. The Bertz CT molecular complexity index is 949. The third kappa shape index (κ3) is 5.50. The lowest BCUT2D eigenvalue weighted by Gasteiger charge is -2.41. The van der Waals surface area contributed by atoms with Crippen LogP contribution in [0, 0.1) is 5.82 Å². The lowest BCUT2D eigenvalue weighted by molar-refractivity contribution is -0.0308. The topological polar surface area (TPSA) is 40.6 Å². The Labute approximate surface area is 184 Å². The van der Waals surface area contributed by atoms with Gasteiger partial charge in [-0.3, -0.25) is 9.59 Å². The number of carbonyl (C=O) groups excluding carboxylic acids is 2. The molecule has 0 saturated carbocycles. The van der Waals surface area contributed by atoms with Gasteiger partial charge >= 0.3 is 0 Å². The number of hydrazine groups is 1. The molecule has 4 nitrogen and oxygen atoms in total. The average Bonchev–Trinajstić information content (AvgIpc) is 2.66. The van der Waals surface area contributed by atoms with E-state index in [9.17, 15) is 14.0 Å². The molecule has 0 aromatic heterocycles. The molecule has 0 aliphatic carbocycles. The number of amides is 2. The van der Waals surface area contributed by atoms with Gasteiger partial charge in [0.05, 0.1) is 10.6 Å². The minimum Gasteiger partial charge on any atom is -0.267 e. The quantitative estimate of drug-likeness (QED) is 0.523. The van der Waals surface area contributed by atoms with Gasteiger partial charge in [0.15, 0.2) is 0 Å². The molecular formula is C21H20Cl3FN2O2. The van der Waals surface area contributed by atoms with Crippen molar-refractivity contribution in [2.45, 2.75) is 26.3 Å². The van der Waals surface area contributed by atoms with Crippen LogP contribution in [0.4, 0.5) is 4.39 Å². The molecule has 0 aliphatic heterocycles. The van der Waals surface area contributed by atoms with Gasteiger partial charge in [-0.2, -0.15) is 0 Å². The van der Waals surface area contributed by atoms with Gasteiger partial charge < -0.3 is 0 Å².